The van der Waals surface area contributed by atoms with Gasteiger partial charge in [0, 0.05) is 5.56 Å². The number of carbonyl (C=O) groups is 1. The minimum atomic E-state index is -0.945. The molecule has 3 N–H and O–H groups in total. The Bertz CT molecular complexity index is 604. The van der Waals surface area contributed by atoms with Crippen LogP contribution in [-0.4, -0.2) is 16.1 Å². The van der Waals surface area contributed by atoms with Crippen LogP contribution < -0.4 is 5.73 Å². The maximum atomic E-state index is 10.3. The van der Waals surface area contributed by atoms with Gasteiger partial charge in [0.2, 0.25) is 0 Å². The first-order valence-corrected chi connectivity index (χ1v) is 4.52. The van der Waals surface area contributed by atoms with E-state index >= 15 is 0 Å². The van der Waals surface area contributed by atoms with E-state index in [0.717, 1.165) is 0 Å². The molecule has 1 aromatic heterocycles. The zero-order valence-electron chi connectivity index (χ0n) is 8.23. The second-order valence-corrected chi connectivity index (χ2v) is 3.11. The van der Waals surface area contributed by atoms with Crippen molar-refractivity contribution in [2.24, 2.45) is 0 Å². The zero-order chi connectivity index (χ0) is 11.5. The van der Waals surface area contributed by atoms with Crippen molar-refractivity contribution in [3.63, 3.8) is 0 Å². The molecule has 1 aromatic carbocycles. The van der Waals surface area contributed by atoms with Crippen LogP contribution in [-0.2, 0) is 4.79 Å². The van der Waals surface area contributed by atoms with E-state index in [1.807, 2.05) is 0 Å². The average molecular weight is 216 g/mol. The predicted octanol–water partition coefficient (Wildman–Crippen LogP) is 1.24. The number of nitrogens with zero attached hydrogens (tertiary/aromatic N) is 1. The lowest BCUT2D eigenvalue weighted by atomic mass is 10.2. The van der Waals surface area contributed by atoms with E-state index in [-0.39, 0.29) is 12.4 Å². The van der Waals surface area contributed by atoms with Crippen LogP contribution in [0.5, 0.6) is 0 Å². The second kappa shape index (κ2) is 3.95. The molecule has 1 heterocycles. The summed E-state index contributed by atoms with van der Waals surface area (Å²) >= 11 is 0. The highest BCUT2D eigenvalue weighted by Crippen LogP contribution is 2.17. The maximum Gasteiger partial charge on any atom is 0.315 e. The number of anilines is 1. The third-order valence-corrected chi connectivity index (χ3v) is 1.88. The van der Waals surface area contributed by atoms with Crippen LogP contribution in [0.15, 0.2) is 22.6 Å². The molecule has 0 unspecified atom stereocenters. The number of aromatic nitrogens is 1. The van der Waals surface area contributed by atoms with E-state index in [1.165, 1.54) is 0 Å². The van der Waals surface area contributed by atoms with Gasteiger partial charge < -0.3 is 15.3 Å². The van der Waals surface area contributed by atoms with Gasteiger partial charge in [-0.3, -0.25) is 4.79 Å². The molecule has 0 atom stereocenters. The summed E-state index contributed by atoms with van der Waals surface area (Å²) in [5.41, 5.74) is 7.27. The van der Waals surface area contributed by atoms with Crippen LogP contribution in [0.25, 0.3) is 11.1 Å². The van der Waals surface area contributed by atoms with Crippen LogP contribution in [0.3, 0.4) is 0 Å². The van der Waals surface area contributed by atoms with Crippen LogP contribution in [0.1, 0.15) is 12.0 Å². The number of hydrogen-bond acceptors (Lipinski definition) is 4. The number of benzene rings is 1. The molecule has 0 radical (unpaired) electrons. The molecule has 0 spiro atoms. The Kier molecular flexibility index (Phi) is 2.48. The molecule has 0 fully saturated rings. The molecule has 0 aliphatic rings. The molecule has 5 heteroatoms. The Morgan fingerprint density at radius 1 is 1.56 bits per heavy atom. The summed E-state index contributed by atoms with van der Waals surface area (Å²) in [6.45, 7) is 0. The number of rotatable bonds is 1. The minimum Gasteiger partial charge on any atom is -0.481 e. The molecular weight excluding hydrogens is 208 g/mol. The summed E-state index contributed by atoms with van der Waals surface area (Å²) in [7, 11) is 0. The number of carboxylic acid groups (broad SMARTS) is 1. The highest BCUT2D eigenvalue weighted by atomic mass is 16.4. The summed E-state index contributed by atoms with van der Waals surface area (Å²) in [6, 6.07) is 5.22. The monoisotopic (exact) mass is 216 g/mol. The Hall–Kier alpha value is -2.48. The SMILES string of the molecule is Nc1nc2cc(C#CCC(=O)O)ccc2o1. The minimum absolute atomic E-state index is 0.102. The molecule has 5 nitrogen and oxygen atoms in total. The predicted molar refractivity (Wildman–Crippen MR) is 57.6 cm³/mol. The molecule has 0 saturated heterocycles. The van der Waals surface area contributed by atoms with Crippen LogP contribution in [0.4, 0.5) is 6.01 Å². The van der Waals surface area contributed by atoms with E-state index in [1.54, 1.807) is 18.2 Å². The van der Waals surface area contributed by atoms with Gasteiger partial charge in [0.1, 0.15) is 11.9 Å². The Morgan fingerprint density at radius 2 is 2.38 bits per heavy atom. The van der Waals surface area contributed by atoms with E-state index in [2.05, 4.69) is 16.8 Å². The van der Waals surface area contributed by atoms with Crippen molar-refractivity contribution in [2.75, 3.05) is 5.73 Å². The second-order valence-electron chi connectivity index (χ2n) is 3.11. The van der Waals surface area contributed by atoms with Gasteiger partial charge in [-0.1, -0.05) is 11.8 Å². The smallest absolute Gasteiger partial charge is 0.315 e. The van der Waals surface area contributed by atoms with Crippen molar-refractivity contribution in [1.29, 1.82) is 0 Å². The molecule has 0 aliphatic carbocycles. The maximum absolute atomic E-state index is 10.3. The molecule has 0 bridgehead atoms. The highest BCUT2D eigenvalue weighted by molar-refractivity contribution is 5.76. The quantitative estimate of drug-likeness (QED) is 0.700. The summed E-state index contributed by atoms with van der Waals surface area (Å²) < 4.78 is 5.09. The molecule has 2 rings (SSSR count). The molecule has 0 aliphatic heterocycles. The Balaban J connectivity index is 2.30. The molecule has 0 saturated carbocycles. The molecular formula is C11H8N2O3. The van der Waals surface area contributed by atoms with Crippen molar-refractivity contribution in [3.05, 3.63) is 23.8 Å². The van der Waals surface area contributed by atoms with E-state index in [4.69, 9.17) is 15.3 Å². The number of fused-ring (bicyclic) bond motifs is 1. The lowest BCUT2D eigenvalue weighted by Crippen LogP contribution is -1.90. The van der Waals surface area contributed by atoms with Crippen molar-refractivity contribution in [1.82, 2.24) is 4.98 Å². The van der Waals surface area contributed by atoms with Crippen LogP contribution >= 0.6 is 0 Å². The van der Waals surface area contributed by atoms with Gasteiger partial charge in [0.25, 0.3) is 6.01 Å². The van der Waals surface area contributed by atoms with Gasteiger partial charge in [-0.05, 0) is 18.2 Å². The number of hydrogen-bond donors (Lipinski definition) is 2. The largest absolute Gasteiger partial charge is 0.481 e. The molecule has 16 heavy (non-hydrogen) atoms. The van der Waals surface area contributed by atoms with Gasteiger partial charge in [0.05, 0.1) is 0 Å². The fourth-order valence-corrected chi connectivity index (χ4v) is 1.24. The van der Waals surface area contributed by atoms with Gasteiger partial charge >= 0.3 is 5.97 Å². The Labute approximate surface area is 90.9 Å². The number of oxazole rings is 1. The summed E-state index contributed by atoms with van der Waals surface area (Å²) in [4.78, 5) is 14.2. The fraction of sp³-hybridized carbons (Fsp3) is 0.0909. The number of nitrogen functional groups attached to an aromatic ring is 1. The first-order chi connectivity index (χ1) is 7.65. The lowest BCUT2D eigenvalue weighted by molar-refractivity contribution is -0.135. The van der Waals surface area contributed by atoms with E-state index in [0.29, 0.717) is 16.7 Å². The van der Waals surface area contributed by atoms with Crippen molar-refractivity contribution >= 4 is 23.1 Å². The molecule has 0 amide bonds. The average Bonchev–Trinajstić information content (AvgIpc) is 2.56. The van der Waals surface area contributed by atoms with Crippen molar-refractivity contribution in [3.8, 4) is 11.8 Å². The Morgan fingerprint density at radius 3 is 3.12 bits per heavy atom. The van der Waals surface area contributed by atoms with E-state index in [9.17, 15) is 4.79 Å². The first-order valence-electron chi connectivity index (χ1n) is 4.52. The zero-order valence-corrected chi connectivity index (χ0v) is 8.23. The van der Waals surface area contributed by atoms with Crippen molar-refractivity contribution < 1.29 is 14.3 Å². The summed E-state index contributed by atoms with van der Waals surface area (Å²) in [5.74, 6) is 4.31. The molecule has 2 aromatic rings. The van der Waals surface area contributed by atoms with Gasteiger partial charge in [-0.25, -0.2) is 0 Å². The molecule has 80 valence electrons. The topological polar surface area (TPSA) is 89.3 Å². The third kappa shape index (κ3) is 2.12. The summed E-state index contributed by atoms with van der Waals surface area (Å²) in [5, 5.41) is 8.42. The van der Waals surface area contributed by atoms with Crippen molar-refractivity contribution in [2.45, 2.75) is 6.42 Å². The third-order valence-electron chi connectivity index (χ3n) is 1.88. The highest BCUT2D eigenvalue weighted by Gasteiger charge is 2.02. The lowest BCUT2D eigenvalue weighted by Gasteiger charge is -1.88. The standard InChI is InChI=1S/C11H8N2O3/c12-11-13-8-6-7(2-1-3-10(14)15)4-5-9(8)16-11/h4-6H,3H2,(H2,12,13)(H,14,15). The van der Waals surface area contributed by atoms with E-state index < -0.39 is 5.97 Å². The van der Waals surface area contributed by atoms with Gasteiger partial charge in [0.15, 0.2) is 5.58 Å². The number of carboxylic acids is 1. The number of nitrogens with two attached hydrogens (primary N) is 1. The fourth-order valence-electron chi connectivity index (χ4n) is 1.24. The van der Waals surface area contributed by atoms with Gasteiger partial charge in [-0.2, -0.15) is 4.98 Å². The van der Waals surface area contributed by atoms with Gasteiger partial charge in [-0.15, -0.1) is 0 Å². The number of aliphatic carboxylic acids is 1. The van der Waals surface area contributed by atoms with Crippen LogP contribution in [0, 0.1) is 11.8 Å². The first kappa shape index (κ1) is 10.1. The summed E-state index contributed by atoms with van der Waals surface area (Å²) in [6.07, 6.45) is -0.182. The normalized spacial score (nSPS) is 9.75. The van der Waals surface area contributed by atoms with Crippen LogP contribution in [0.2, 0.25) is 0 Å².